The molecule has 2 aliphatic heterocycles. The fourth-order valence-corrected chi connectivity index (χ4v) is 4.29. The highest BCUT2D eigenvalue weighted by atomic mass is 16.2. The van der Waals surface area contributed by atoms with Gasteiger partial charge in [0.25, 0.3) is 0 Å². The molecule has 2 N–H and O–H groups in total. The average Bonchev–Trinajstić information content (AvgIpc) is 2.91. The van der Waals surface area contributed by atoms with Gasteiger partial charge in [-0.05, 0) is 56.7 Å². The summed E-state index contributed by atoms with van der Waals surface area (Å²) < 4.78 is 0. The third-order valence-corrected chi connectivity index (χ3v) is 5.66. The number of rotatable bonds is 5. The van der Waals surface area contributed by atoms with E-state index in [0.717, 1.165) is 31.6 Å². The van der Waals surface area contributed by atoms with Crippen LogP contribution < -0.4 is 5.73 Å². The molecule has 0 radical (unpaired) electrons. The van der Waals surface area contributed by atoms with E-state index in [2.05, 4.69) is 4.90 Å². The number of hydrogen-bond acceptors (Lipinski definition) is 3. The fraction of sp³-hybridized carbons (Fsp3) is 0.667. The molecule has 1 aromatic rings. The summed E-state index contributed by atoms with van der Waals surface area (Å²) in [7, 11) is 0. The van der Waals surface area contributed by atoms with Gasteiger partial charge in [-0.3, -0.25) is 4.79 Å². The van der Waals surface area contributed by atoms with E-state index >= 15 is 0 Å². The zero-order chi connectivity index (χ0) is 17.5. The van der Waals surface area contributed by atoms with Crippen molar-refractivity contribution in [3.05, 3.63) is 35.9 Å². The highest BCUT2D eigenvalue weighted by Crippen LogP contribution is 2.20. The van der Waals surface area contributed by atoms with Crippen molar-refractivity contribution >= 4 is 5.91 Å². The second-order valence-electron chi connectivity index (χ2n) is 7.80. The zero-order valence-corrected chi connectivity index (χ0v) is 15.4. The maximum atomic E-state index is 12.8. The lowest BCUT2D eigenvalue weighted by molar-refractivity contribution is -0.134. The van der Waals surface area contributed by atoms with Crippen molar-refractivity contribution in [2.24, 2.45) is 11.7 Å². The first kappa shape index (κ1) is 18.4. The Morgan fingerprint density at radius 1 is 1.04 bits per heavy atom. The van der Waals surface area contributed by atoms with Crippen LogP contribution in [0.1, 0.15) is 44.1 Å². The first-order valence-electron chi connectivity index (χ1n) is 10.0. The number of carbonyl (C=O) groups is 1. The van der Waals surface area contributed by atoms with Crippen molar-refractivity contribution in [1.82, 2.24) is 9.80 Å². The smallest absolute Gasteiger partial charge is 0.239 e. The second kappa shape index (κ2) is 9.35. The molecule has 25 heavy (non-hydrogen) atoms. The lowest BCUT2D eigenvalue weighted by Gasteiger charge is -2.36. The van der Waals surface area contributed by atoms with E-state index in [1.54, 1.807) is 0 Å². The summed E-state index contributed by atoms with van der Waals surface area (Å²) in [6.45, 7) is 5.38. The van der Waals surface area contributed by atoms with E-state index < -0.39 is 6.04 Å². The van der Waals surface area contributed by atoms with Crippen molar-refractivity contribution in [3.8, 4) is 0 Å². The summed E-state index contributed by atoms with van der Waals surface area (Å²) >= 11 is 0. The van der Waals surface area contributed by atoms with Crippen molar-refractivity contribution in [3.63, 3.8) is 0 Å². The molecule has 2 saturated heterocycles. The Balaban J connectivity index is 1.50. The number of likely N-dealkylation sites (tertiary alicyclic amines) is 2. The van der Waals surface area contributed by atoms with Crippen molar-refractivity contribution in [2.75, 3.05) is 32.7 Å². The van der Waals surface area contributed by atoms with Gasteiger partial charge in [0.15, 0.2) is 0 Å². The molecule has 4 heteroatoms. The van der Waals surface area contributed by atoms with Crippen LogP contribution >= 0.6 is 0 Å². The molecule has 4 nitrogen and oxygen atoms in total. The minimum absolute atomic E-state index is 0.129. The highest BCUT2D eigenvalue weighted by molar-refractivity contribution is 5.82. The number of carbonyl (C=O) groups excluding carboxylic acids is 1. The van der Waals surface area contributed by atoms with E-state index in [-0.39, 0.29) is 5.91 Å². The van der Waals surface area contributed by atoms with Gasteiger partial charge in [0, 0.05) is 19.6 Å². The van der Waals surface area contributed by atoms with Gasteiger partial charge < -0.3 is 15.5 Å². The Labute approximate surface area is 152 Å². The summed E-state index contributed by atoms with van der Waals surface area (Å²) in [6.07, 6.45) is 8.40. The molecule has 2 fully saturated rings. The number of hydrogen-bond donors (Lipinski definition) is 1. The topological polar surface area (TPSA) is 49.6 Å². The third kappa shape index (κ3) is 5.55. The van der Waals surface area contributed by atoms with Gasteiger partial charge in [0.2, 0.25) is 5.91 Å². The summed E-state index contributed by atoms with van der Waals surface area (Å²) in [6, 6.07) is 9.68. The molecule has 1 amide bonds. The number of nitrogens with two attached hydrogens (primary N) is 1. The second-order valence-corrected chi connectivity index (χ2v) is 7.80. The molecule has 2 atom stereocenters. The molecule has 0 aliphatic carbocycles. The molecule has 3 rings (SSSR count). The van der Waals surface area contributed by atoms with Gasteiger partial charge in [-0.1, -0.05) is 43.2 Å². The number of nitrogens with zero attached hydrogens (tertiary/aromatic N) is 2. The molecule has 0 aromatic heterocycles. The van der Waals surface area contributed by atoms with Crippen LogP contribution in [0.4, 0.5) is 0 Å². The molecule has 0 bridgehead atoms. The fourth-order valence-electron chi connectivity index (χ4n) is 4.29. The van der Waals surface area contributed by atoms with Crippen LogP contribution in [0.2, 0.25) is 0 Å². The van der Waals surface area contributed by atoms with E-state index in [1.807, 2.05) is 35.2 Å². The number of amides is 1. The van der Waals surface area contributed by atoms with E-state index in [1.165, 1.54) is 45.2 Å². The molecule has 2 heterocycles. The molecular weight excluding hydrogens is 310 g/mol. The van der Waals surface area contributed by atoms with E-state index in [9.17, 15) is 4.79 Å². The number of benzene rings is 1. The standard InChI is InChI=1S/C21H33N3O/c22-20(15-18-9-4-3-5-10-18)21(25)24-14-8-11-19(17-24)16-23-12-6-1-2-7-13-23/h3-5,9-10,19-20H,1-2,6-8,11-17,22H2. The normalized spacial score (nSPS) is 23.9. The van der Waals surface area contributed by atoms with Gasteiger partial charge in [-0.2, -0.15) is 0 Å². The van der Waals surface area contributed by atoms with Gasteiger partial charge in [-0.15, -0.1) is 0 Å². The first-order chi connectivity index (χ1) is 12.2. The lowest BCUT2D eigenvalue weighted by Crippen LogP contribution is -2.50. The summed E-state index contributed by atoms with van der Waals surface area (Å²) in [5.41, 5.74) is 7.37. The molecule has 2 unspecified atom stereocenters. The van der Waals surface area contributed by atoms with E-state index in [4.69, 9.17) is 5.73 Å². The third-order valence-electron chi connectivity index (χ3n) is 5.66. The van der Waals surface area contributed by atoms with Crippen molar-refractivity contribution in [1.29, 1.82) is 0 Å². The largest absolute Gasteiger partial charge is 0.341 e. The molecule has 138 valence electrons. The van der Waals surface area contributed by atoms with E-state index in [0.29, 0.717) is 12.3 Å². The first-order valence-corrected chi connectivity index (χ1v) is 10.0. The van der Waals surface area contributed by atoms with Gasteiger partial charge in [0.1, 0.15) is 0 Å². The summed E-state index contributed by atoms with van der Waals surface area (Å²) in [5, 5.41) is 0. The zero-order valence-electron chi connectivity index (χ0n) is 15.4. The van der Waals surface area contributed by atoms with Gasteiger partial charge in [-0.25, -0.2) is 0 Å². The van der Waals surface area contributed by atoms with Crippen LogP contribution in [-0.2, 0) is 11.2 Å². The van der Waals surface area contributed by atoms with Crippen LogP contribution in [0.25, 0.3) is 0 Å². The van der Waals surface area contributed by atoms with Crippen molar-refractivity contribution in [2.45, 2.75) is 51.0 Å². The van der Waals surface area contributed by atoms with Crippen LogP contribution in [0, 0.1) is 5.92 Å². The van der Waals surface area contributed by atoms with Crippen molar-refractivity contribution < 1.29 is 4.79 Å². The minimum Gasteiger partial charge on any atom is -0.341 e. The maximum absolute atomic E-state index is 12.8. The SMILES string of the molecule is NC(Cc1ccccc1)C(=O)N1CCCC(CN2CCCCCC2)C1. The maximum Gasteiger partial charge on any atom is 0.239 e. The summed E-state index contributed by atoms with van der Waals surface area (Å²) in [4.78, 5) is 17.4. The Bertz CT molecular complexity index is 525. The predicted molar refractivity (Wildman–Crippen MR) is 102 cm³/mol. The molecule has 2 aliphatic rings. The average molecular weight is 344 g/mol. The molecule has 0 saturated carbocycles. The van der Waals surface area contributed by atoms with Crippen LogP contribution in [0.3, 0.4) is 0 Å². The lowest BCUT2D eigenvalue weighted by atomic mass is 9.96. The Hall–Kier alpha value is -1.39. The van der Waals surface area contributed by atoms with Crippen LogP contribution in [0.5, 0.6) is 0 Å². The molecular formula is C21H33N3O. The minimum atomic E-state index is -0.417. The number of piperidine rings is 1. The monoisotopic (exact) mass is 343 g/mol. The Morgan fingerprint density at radius 3 is 2.48 bits per heavy atom. The Kier molecular flexibility index (Phi) is 6.88. The molecule has 0 spiro atoms. The highest BCUT2D eigenvalue weighted by Gasteiger charge is 2.28. The van der Waals surface area contributed by atoms with Gasteiger partial charge >= 0.3 is 0 Å². The van der Waals surface area contributed by atoms with Gasteiger partial charge in [0.05, 0.1) is 6.04 Å². The summed E-state index contributed by atoms with van der Waals surface area (Å²) in [5.74, 6) is 0.740. The Morgan fingerprint density at radius 2 is 1.76 bits per heavy atom. The van der Waals surface area contributed by atoms with Crippen LogP contribution in [0.15, 0.2) is 30.3 Å². The van der Waals surface area contributed by atoms with Crippen LogP contribution in [-0.4, -0.2) is 54.5 Å². The quantitative estimate of drug-likeness (QED) is 0.894. The molecule has 1 aromatic carbocycles. The predicted octanol–water partition coefficient (Wildman–Crippen LogP) is 2.67.